The summed E-state index contributed by atoms with van der Waals surface area (Å²) in [6.07, 6.45) is 8.14. The number of phenolic OH excluding ortho intramolecular Hbond substituents is 1. The summed E-state index contributed by atoms with van der Waals surface area (Å²) in [6, 6.07) is 11.2. The Labute approximate surface area is 195 Å². The van der Waals surface area contributed by atoms with Crippen molar-refractivity contribution in [3.8, 4) is 28.0 Å². The van der Waals surface area contributed by atoms with Crippen LogP contribution in [0.25, 0.3) is 22.3 Å². The molecule has 1 saturated carbocycles. The Bertz CT molecular complexity index is 1140. The number of rotatable bonds is 7. The van der Waals surface area contributed by atoms with E-state index in [1.54, 1.807) is 31.4 Å². The molecule has 1 aliphatic carbocycles. The van der Waals surface area contributed by atoms with Gasteiger partial charge in [0.15, 0.2) is 0 Å². The summed E-state index contributed by atoms with van der Waals surface area (Å²) in [5.41, 5.74) is 5.76. The van der Waals surface area contributed by atoms with E-state index in [9.17, 15) is 9.90 Å². The molecule has 6 heteroatoms. The second-order valence-electron chi connectivity index (χ2n) is 9.16. The third-order valence-corrected chi connectivity index (χ3v) is 7.12. The summed E-state index contributed by atoms with van der Waals surface area (Å²) in [7, 11) is 1.59. The zero-order chi connectivity index (χ0) is 23.6. The number of amides is 1. The van der Waals surface area contributed by atoms with Crippen LogP contribution in [0.15, 0.2) is 48.8 Å². The molecule has 0 radical (unpaired) electrons. The zero-order valence-corrected chi connectivity index (χ0v) is 19.8. The Morgan fingerprint density at radius 2 is 1.79 bits per heavy atom. The lowest BCUT2D eigenvalue weighted by Gasteiger charge is -2.44. The van der Waals surface area contributed by atoms with Crippen molar-refractivity contribution in [2.75, 3.05) is 12.4 Å². The molecule has 6 nitrogen and oxygen atoms in total. The lowest BCUT2D eigenvalue weighted by molar-refractivity contribution is 0.0958. The van der Waals surface area contributed by atoms with Gasteiger partial charge in [0.2, 0.25) is 0 Å². The number of hydrogen-bond acceptors (Lipinski definition) is 5. The third kappa shape index (κ3) is 4.42. The first-order chi connectivity index (χ1) is 15.9. The Morgan fingerprint density at radius 3 is 2.33 bits per heavy atom. The van der Waals surface area contributed by atoms with Gasteiger partial charge in [-0.15, -0.1) is 0 Å². The number of carbonyl (C=O) groups excluding carboxylic acids is 1. The number of phenols is 1. The molecular weight excluding hydrogens is 412 g/mol. The van der Waals surface area contributed by atoms with Crippen LogP contribution in [0.3, 0.4) is 0 Å². The molecule has 33 heavy (non-hydrogen) atoms. The third-order valence-electron chi connectivity index (χ3n) is 7.12. The maximum atomic E-state index is 11.9. The van der Waals surface area contributed by atoms with Gasteiger partial charge < -0.3 is 15.7 Å². The second kappa shape index (κ2) is 9.22. The van der Waals surface area contributed by atoms with Crippen molar-refractivity contribution in [3.05, 3.63) is 60.0 Å². The maximum Gasteiger partial charge on any atom is 0.269 e. The molecule has 4 rings (SSSR count). The minimum atomic E-state index is -0.210. The molecule has 3 aromatic rings. The van der Waals surface area contributed by atoms with E-state index in [0.717, 1.165) is 40.1 Å². The van der Waals surface area contributed by atoms with E-state index in [2.05, 4.69) is 36.4 Å². The number of benzene rings is 1. The van der Waals surface area contributed by atoms with Crippen LogP contribution in [0.2, 0.25) is 0 Å². The molecule has 0 bridgehead atoms. The van der Waals surface area contributed by atoms with Gasteiger partial charge in [-0.05, 0) is 60.9 Å². The van der Waals surface area contributed by atoms with Crippen LogP contribution in [-0.4, -0.2) is 34.1 Å². The summed E-state index contributed by atoms with van der Waals surface area (Å²) >= 11 is 0. The fourth-order valence-electron chi connectivity index (χ4n) is 4.58. The van der Waals surface area contributed by atoms with E-state index in [1.807, 2.05) is 24.4 Å². The van der Waals surface area contributed by atoms with E-state index in [0.29, 0.717) is 11.7 Å². The number of carbonyl (C=O) groups is 1. The number of aromatic nitrogens is 2. The molecule has 172 valence electrons. The summed E-state index contributed by atoms with van der Waals surface area (Å²) in [6.45, 7) is 6.71. The first-order valence-corrected chi connectivity index (χ1v) is 11.6. The highest BCUT2D eigenvalue weighted by Crippen LogP contribution is 2.45. The topological polar surface area (TPSA) is 87.1 Å². The molecular formula is C27H32N4O2. The van der Waals surface area contributed by atoms with Crippen LogP contribution in [0.4, 0.5) is 5.82 Å². The molecule has 2 heterocycles. The molecule has 2 aromatic heterocycles. The van der Waals surface area contributed by atoms with Crippen LogP contribution in [-0.2, 0) is 6.42 Å². The van der Waals surface area contributed by atoms with Gasteiger partial charge in [-0.25, -0.2) is 4.98 Å². The van der Waals surface area contributed by atoms with Gasteiger partial charge in [-0.3, -0.25) is 9.78 Å². The van der Waals surface area contributed by atoms with Crippen molar-refractivity contribution in [3.63, 3.8) is 0 Å². The van der Waals surface area contributed by atoms with E-state index >= 15 is 0 Å². The summed E-state index contributed by atoms with van der Waals surface area (Å²) in [5, 5.41) is 16.2. The SMILES string of the molecule is CCc1c(-c2ccc(C(=O)NC)nc2)cnc(NC(C)C2(C)CCC2)c1-c1ccc(O)cc1. The van der Waals surface area contributed by atoms with Gasteiger partial charge >= 0.3 is 0 Å². The number of pyridine rings is 2. The lowest BCUT2D eigenvalue weighted by atomic mass is 9.66. The molecule has 1 aromatic carbocycles. The zero-order valence-electron chi connectivity index (χ0n) is 19.8. The van der Waals surface area contributed by atoms with Gasteiger partial charge in [0.1, 0.15) is 17.3 Å². The number of hydrogen-bond donors (Lipinski definition) is 3. The van der Waals surface area contributed by atoms with Crippen molar-refractivity contribution < 1.29 is 9.90 Å². The number of aromatic hydroxyl groups is 1. The smallest absolute Gasteiger partial charge is 0.269 e. The van der Waals surface area contributed by atoms with Crippen LogP contribution in [0, 0.1) is 5.41 Å². The van der Waals surface area contributed by atoms with E-state index in [4.69, 9.17) is 4.98 Å². The predicted octanol–water partition coefficient (Wildman–Crippen LogP) is 5.43. The first-order valence-electron chi connectivity index (χ1n) is 11.6. The molecule has 0 saturated heterocycles. The Morgan fingerprint density at radius 1 is 1.09 bits per heavy atom. The van der Waals surface area contributed by atoms with Gasteiger partial charge in [-0.2, -0.15) is 0 Å². The van der Waals surface area contributed by atoms with E-state index in [-0.39, 0.29) is 17.1 Å². The van der Waals surface area contributed by atoms with Crippen LogP contribution < -0.4 is 10.6 Å². The fourth-order valence-corrected chi connectivity index (χ4v) is 4.58. The maximum absolute atomic E-state index is 11.9. The molecule has 1 aliphatic rings. The standard InChI is InChI=1S/C27H32N4O2/c1-5-21-22(19-9-12-23(29-15-19)26(33)28-4)16-30-25(31-17(2)27(3)13-6-14-27)24(21)18-7-10-20(32)11-8-18/h7-12,15-17,32H,5-6,13-14H2,1-4H3,(H,28,33)(H,30,31). The van der Waals surface area contributed by atoms with Crippen LogP contribution >= 0.6 is 0 Å². The van der Waals surface area contributed by atoms with E-state index < -0.39 is 0 Å². The normalized spacial score (nSPS) is 15.4. The summed E-state index contributed by atoms with van der Waals surface area (Å²) in [5.74, 6) is 0.884. The van der Waals surface area contributed by atoms with Crippen molar-refractivity contribution in [1.82, 2.24) is 15.3 Å². The quantitative estimate of drug-likeness (QED) is 0.452. The Hall–Kier alpha value is -3.41. The number of anilines is 1. The van der Waals surface area contributed by atoms with Gasteiger partial charge in [0.25, 0.3) is 5.91 Å². The van der Waals surface area contributed by atoms with Crippen LogP contribution in [0.5, 0.6) is 5.75 Å². The molecule has 1 amide bonds. The van der Waals surface area contributed by atoms with Crippen molar-refractivity contribution in [1.29, 1.82) is 0 Å². The Balaban J connectivity index is 1.81. The van der Waals surface area contributed by atoms with Crippen molar-refractivity contribution in [2.24, 2.45) is 5.41 Å². The summed E-state index contributed by atoms with van der Waals surface area (Å²) < 4.78 is 0. The average Bonchev–Trinajstić information content (AvgIpc) is 2.82. The lowest BCUT2D eigenvalue weighted by Crippen LogP contribution is -2.41. The highest BCUT2D eigenvalue weighted by Gasteiger charge is 2.37. The molecule has 0 spiro atoms. The molecule has 1 unspecified atom stereocenters. The van der Waals surface area contributed by atoms with Gasteiger partial charge in [0, 0.05) is 42.2 Å². The molecule has 1 fully saturated rings. The first kappa shape index (κ1) is 22.8. The highest BCUT2D eigenvalue weighted by molar-refractivity contribution is 5.92. The Kier molecular flexibility index (Phi) is 6.36. The molecule has 1 atom stereocenters. The molecule has 0 aliphatic heterocycles. The van der Waals surface area contributed by atoms with Crippen molar-refractivity contribution in [2.45, 2.75) is 52.5 Å². The predicted molar refractivity (Wildman–Crippen MR) is 132 cm³/mol. The molecule has 3 N–H and O–H groups in total. The minimum absolute atomic E-state index is 0.210. The van der Waals surface area contributed by atoms with Gasteiger partial charge in [0.05, 0.1) is 0 Å². The fraction of sp³-hybridized carbons (Fsp3) is 0.370. The number of nitrogens with one attached hydrogen (secondary N) is 2. The highest BCUT2D eigenvalue weighted by atomic mass is 16.3. The monoisotopic (exact) mass is 444 g/mol. The second-order valence-corrected chi connectivity index (χ2v) is 9.16. The minimum Gasteiger partial charge on any atom is -0.508 e. The summed E-state index contributed by atoms with van der Waals surface area (Å²) in [4.78, 5) is 21.1. The van der Waals surface area contributed by atoms with E-state index in [1.165, 1.54) is 19.3 Å². The average molecular weight is 445 g/mol. The van der Waals surface area contributed by atoms with Gasteiger partial charge in [-0.1, -0.05) is 38.5 Å². The number of nitrogens with zero attached hydrogens (tertiary/aromatic N) is 2. The van der Waals surface area contributed by atoms with Crippen LogP contribution in [0.1, 0.15) is 56.1 Å². The van der Waals surface area contributed by atoms with Crippen molar-refractivity contribution >= 4 is 11.7 Å². The largest absolute Gasteiger partial charge is 0.508 e.